The number of halogens is 2. The third-order valence-electron chi connectivity index (χ3n) is 1.63. The van der Waals surface area contributed by atoms with Gasteiger partial charge in [-0.25, -0.2) is 8.78 Å². The molecule has 0 fully saturated rings. The molecule has 0 aromatic heterocycles. The van der Waals surface area contributed by atoms with E-state index in [1.54, 1.807) is 0 Å². The first kappa shape index (κ1) is 11.8. The van der Waals surface area contributed by atoms with Crippen molar-refractivity contribution in [3.63, 3.8) is 0 Å². The van der Waals surface area contributed by atoms with E-state index in [0.717, 1.165) is 12.1 Å². The van der Waals surface area contributed by atoms with E-state index in [9.17, 15) is 8.78 Å². The number of rotatable bonds is 5. The summed E-state index contributed by atoms with van der Waals surface area (Å²) in [5.74, 6) is -0.965. The molecule has 1 rings (SSSR count). The van der Waals surface area contributed by atoms with Gasteiger partial charge in [-0.15, -0.1) is 11.8 Å². The molecule has 80 valence electrons. The second-order valence-electron chi connectivity index (χ2n) is 2.73. The quantitative estimate of drug-likeness (QED) is 0.249. The SMILES string of the molecule is [N-]=[N+]=NCCCSc1ccc(F)c(F)c1. The minimum absolute atomic E-state index is 0.424. The molecule has 6 heteroatoms. The van der Waals surface area contributed by atoms with Crippen molar-refractivity contribution in [2.75, 3.05) is 12.3 Å². The molecule has 3 nitrogen and oxygen atoms in total. The lowest BCUT2D eigenvalue weighted by Gasteiger charge is -2.00. The Morgan fingerprint density at radius 3 is 2.80 bits per heavy atom. The zero-order valence-electron chi connectivity index (χ0n) is 7.86. The lowest BCUT2D eigenvalue weighted by Crippen LogP contribution is -1.86. The standard InChI is InChI=1S/C9H9F2N3S/c10-8-3-2-7(6-9(8)11)15-5-1-4-13-14-12/h2-3,6H,1,4-5H2. The fourth-order valence-corrected chi connectivity index (χ4v) is 1.80. The molecule has 0 heterocycles. The van der Waals surface area contributed by atoms with E-state index in [-0.39, 0.29) is 0 Å². The largest absolute Gasteiger partial charge is 0.204 e. The van der Waals surface area contributed by atoms with Crippen molar-refractivity contribution in [3.05, 3.63) is 40.3 Å². The first-order valence-corrected chi connectivity index (χ1v) is 5.31. The van der Waals surface area contributed by atoms with Crippen molar-refractivity contribution >= 4 is 11.8 Å². The van der Waals surface area contributed by atoms with Gasteiger partial charge in [-0.3, -0.25) is 0 Å². The third-order valence-corrected chi connectivity index (χ3v) is 2.71. The Kier molecular flexibility index (Phi) is 4.93. The van der Waals surface area contributed by atoms with E-state index in [1.807, 2.05) is 0 Å². The first-order chi connectivity index (χ1) is 7.24. The minimum atomic E-state index is -0.839. The molecule has 0 saturated heterocycles. The summed E-state index contributed by atoms with van der Waals surface area (Å²) in [6.45, 7) is 0.424. The van der Waals surface area contributed by atoms with Crippen LogP contribution in [0.3, 0.4) is 0 Å². The Morgan fingerprint density at radius 2 is 2.13 bits per heavy atom. The highest BCUT2D eigenvalue weighted by molar-refractivity contribution is 7.99. The van der Waals surface area contributed by atoms with E-state index in [2.05, 4.69) is 10.0 Å². The Hall–Kier alpha value is -1.26. The summed E-state index contributed by atoms with van der Waals surface area (Å²) in [4.78, 5) is 3.29. The molecule has 0 aliphatic carbocycles. The molecule has 0 spiro atoms. The molecule has 0 saturated carbocycles. The molecule has 0 amide bonds. The van der Waals surface area contributed by atoms with Gasteiger partial charge in [0.15, 0.2) is 11.6 Å². The summed E-state index contributed by atoms with van der Waals surface area (Å²) in [6, 6.07) is 3.79. The highest BCUT2D eigenvalue weighted by Crippen LogP contribution is 2.20. The molecular formula is C9H9F2N3S. The maximum absolute atomic E-state index is 12.8. The van der Waals surface area contributed by atoms with Gasteiger partial charge in [-0.2, -0.15) is 0 Å². The summed E-state index contributed by atoms with van der Waals surface area (Å²) in [6.07, 6.45) is 0.716. The molecular weight excluding hydrogens is 220 g/mol. The molecule has 0 atom stereocenters. The van der Waals surface area contributed by atoms with Gasteiger partial charge in [0.1, 0.15) is 0 Å². The molecule has 0 N–H and O–H groups in total. The number of thioether (sulfide) groups is 1. The van der Waals surface area contributed by atoms with E-state index in [0.29, 0.717) is 23.6 Å². The Balaban J connectivity index is 2.37. The van der Waals surface area contributed by atoms with Crippen molar-refractivity contribution < 1.29 is 8.78 Å². The van der Waals surface area contributed by atoms with Gasteiger partial charge in [0.25, 0.3) is 0 Å². The Labute approximate surface area is 90.1 Å². The van der Waals surface area contributed by atoms with Crippen LogP contribution in [0.4, 0.5) is 8.78 Å². The van der Waals surface area contributed by atoms with E-state index in [1.165, 1.54) is 17.8 Å². The van der Waals surface area contributed by atoms with Crippen LogP contribution in [0.5, 0.6) is 0 Å². The van der Waals surface area contributed by atoms with Gasteiger partial charge in [0, 0.05) is 16.4 Å². The Morgan fingerprint density at radius 1 is 1.33 bits per heavy atom. The van der Waals surface area contributed by atoms with Gasteiger partial charge >= 0.3 is 0 Å². The maximum Gasteiger partial charge on any atom is 0.159 e. The van der Waals surface area contributed by atoms with Crippen LogP contribution in [0.15, 0.2) is 28.2 Å². The summed E-state index contributed by atoms with van der Waals surface area (Å²) in [5.41, 5.74) is 8.01. The second kappa shape index (κ2) is 6.27. The van der Waals surface area contributed by atoms with Crippen LogP contribution < -0.4 is 0 Å². The van der Waals surface area contributed by atoms with Crippen LogP contribution in [-0.4, -0.2) is 12.3 Å². The van der Waals surface area contributed by atoms with Gasteiger partial charge in [0.05, 0.1) is 0 Å². The second-order valence-corrected chi connectivity index (χ2v) is 3.90. The maximum atomic E-state index is 12.8. The van der Waals surface area contributed by atoms with Crippen molar-refractivity contribution in [2.24, 2.45) is 5.11 Å². The van der Waals surface area contributed by atoms with Crippen LogP contribution in [0.25, 0.3) is 10.4 Å². The van der Waals surface area contributed by atoms with Crippen LogP contribution in [0, 0.1) is 11.6 Å². The molecule has 0 aliphatic heterocycles. The van der Waals surface area contributed by atoms with Crippen molar-refractivity contribution in [3.8, 4) is 0 Å². The average Bonchev–Trinajstić information content (AvgIpc) is 2.23. The number of hydrogen-bond acceptors (Lipinski definition) is 2. The van der Waals surface area contributed by atoms with Crippen molar-refractivity contribution in [2.45, 2.75) is 11.3 Å². The number of azide groups is 1. The van der Waals surface area contributed by atoms with Crippen molar-refractivity contribution in [1.29, 1.82) is 0 Å². The number of nitrogens with zero attached hydrogens (tertiary/aromatic N) is 3. The van der Waals surface area contributed by atoms with E-state index >= 15 is 0 Å². The molecule has 15 heavy (non-hydrogen) atoms. The number of benzene rings is 1. The molecule has 1 aromatic rings. The van der Waals surface area contributed by atoms with Gasteiger partial charge < -0.3 is 0 Å². The molecule has 0 bridgehead atoms. The van der Waals surface area contributed by atoms with Crippen LogP contribution in [0.2, 0.25) is 0 Å². The molecule has 0 unspecified atom stereocenters. The monoisotopic (exact) mass is 229 g/mol. The smallest absolute Gasteiger partial charge is 0.159 e. The van der Waals surface area contributed by atoms with Crippen molar-refractivity contribution in [1.82, 2.24) is 0 Å². The molecule has 0 aliphatic rings. The fourth-order valence-electron chi connectivity index (χ4n) is 0.937. The number of hydrogen-bond donors (Lipinski definition) is 0. The topological polar surface area (TPSA) is 48.8 Å². The normalized spacial score (nSPS) is 9.73. The van der Waals surface area contributed by atoms with E-state index < -0.39 is 11.6 Å². The summed E-state index contributed by atoms with van der Waals surface area (Å²) in [7, 11) is 0. The zero-order valence-corrected chi connectivity index (χ0v) is 8.68. The Bertz CT molecular complexity index is 378. The van der Waals surface area contributed by atoms with Gasteiger partial charge in [0.2, 0.25) is 0 Å². The fraction of sp³-hybridized carbons (Fsp3) is 0.333. The lowest BCUT2D eigenvalue weighted by atomic mass is 10.3. The average molecular weight is 229 g/mol. The highest BCUT2D eigenvalue weighted by Gasteiger charge is 2.02. The molecule has 1 aromatic carbocycles. The van der Waals surface area contributed by atoms with Gasteiger partial charge in [-0.1, -0.05) is 5.11 Å². The summed E-state index contributed by atoms with van der Waals surface area (Å²) >= 11 is 1.40. The predicted molar refractivity (Wildman–Crippen MR) is 55.7 cm³/mol. The minimum Gasteiger partial charge on any atom is -0.204 e. The zero-order chi connectivity index (χ0) is 11.1. The van der Waals surface area contributed by atoms with Crippen LogP contribution >= 0.6 is 11.8 Å². The third kappa shape index (κ3) is 4.18. The lowest BCUT2D eigenvalue weighted by molar-refractivity contribution is 0.506. The highest BCUT2D eigenvalue weighted by atomic mass is 32.2. The predicted octanol–water partition coefficient (Wildman–Crippen LogP) is 3.76. The first-order valence-electron chi connectivity index (χ1n) is 4.33. The van der Waals surface area contributed by atoms with Gasteiger partial charge in [-0.05, 0) is 35.9 Å². The van der Waals surface area contributed by atoms with Crippen LogP contribution in [-0.2, 0) is 0 Å². The van der Waals surface area contributed by atoms with Crippen LogP contribution in [0.1, 0.15) is 6.42 Å². The molecule has 0 radical (unpaired) electrons. The summed E-state index contributed by atoms with van der Waals surface area (Å²) < 4.78 is 25.3. The summed E-state index contributed by atoms with van der Waals surface area (Å²) in [5, 5.41) is 3.37. The van der Waals surface area contributed by atoms with E-state index in [4.69, 9.17) is 5.53 Å².